The first-order valence-electron chi connectivity index (χ1n) is 10.7. The van der Waals surface area contributed by atoms with Gasteiger partial charge in [-0.2, -0.15) is 0 Å². The number of benzene rings is 3. The van der Waals surface area contributed by atoms with E-state index in [0.29, 0.717) is 26.3 Å². The van der Waals surface area contributed by atoms with Gasteiger partial charge >= 0.3 is 0 Å². The Hall–Kier alpha value is -3.51. The van der Waals surface area contributed by atoms with Gasteiger partial charge in [-0.3, -0.25) is 4.79 Å². The third-order valence-electron chi connectivity index (χ3n) is 5.61. The lowest BCUT2D eigenvalue weighted by Crippen LogP contribution is -2.44. The first kappa shape index (κ1) is 21.7. The number of carbonyl (C=O) groups excluding carboxylic acids is 1. The van der Waals surface area contributed by atoms with Gasteiger partial charge in [0.15, 0.2) is 0 Å². The number of methoxy groups -OCH3 is 2. The van der Waals surface area contributed by atoms with E-state index in [2.05, 4.69) is 5.32 Å². The molecule has 32 heavy (non-hydrogen) atoms. The number of hydrogen-bond acceptors (Lipinski definition) is 5. The van der Waals surface area contributed by atoms with Gasteiger partial charge in [-0.1, -0.05) is 42.5 Å². The van der Waals surface area contributed by atoms with Crippen LogP contribution in [0.4, 0.5) is 5.69 Å². The Morgan fingerprint density at radius 3 is 2.31 bits per heavy atom. The Kier molecular flexibility index (Phi) is 6.92. The number of carbonyl (C=O) groups is 1. The SMILES string of the molecule is COc1ccc(-c2cc(N[C@H](C(=O)N3CCOCC3)c3ccccc3)ccc2OC)cc1. The molecule has 1 fully saturated rings. The van der Waals surface area contributed by atoms with Gasteiger partial charge < -0.3 is 24.4 Å². The Bertz CT molecular complexity index is 1030. The molecular weight excluding hydrogens is 404 g/mol. The van der Waals surface area contributed by atoms with E-state index in [1.54, 1.807) is 14.2 Å². The highest BCUT2D eigenvalue weighted by Gasteiger charge is 2.27. The summed E-state index contributed by atoms with van der Waals surface area (Å²) in [6, 6.07) is 23.0. The number of anilines is 1. The summed E-state index contributed by atoms with van der Waals surface area (Å²) in [4.78, 5) is 15.3. The molecule has 1 N–H and O–H groups in total. The lowest BCUT2D eigenvalue weighted by molar-refractivity contribution is -0.136. The van der Waals surface area contributed by atoms with Crippen molar-refractivity contribution in [2.45, 2.75) is 6.04 Å². The predicted molar refractivity (Wildman–Crippen MR) is 125 cm³/mol. The Morgan fingerprint density at radius 2 is 1.66 bits per heavy atom. The van der Waals surface area contributed by atoms with Crippen LogP contribution in [0.2, 0.25) is 0 Å². The van der Waals surface area contributed by atoms with Gasteiger partial charge in [0.25, 0.3) is 0 Å². The summed E-state index contributed by atoms with van der Waals surface area (Å²) in [6.07, 6.45) is 0. The van der Waals surface area contributed by atoms with Crippen LogP contribution in [0.25, 0.3) is 11.1 Å². The van der Waals surface area contributed by atoms with E-state index in [1.165, 1.54) is 0 Å². The van der Waals surface area contributed by atoms with Gasteiger partial charge in [0.1, 0.15) is 17.5 Å². The zero-order valence-corrected chi connectivity index (χ0v) is 18.4. The van der Waals surface area contributed by atoms with Crippen molar-refractivity contribution >= 4 is 11.6 Å². The van der Waals surface area contributed by atoms with Gasteiger partial charge in [0, 0.05) is 24.3 Å². The van der Waals surface area contributed by atoms with Crippen LogP contribution in [0.1, 0.15) is 11.6 Å². The molecule has 0 aliphatic carbocycles. The van der Waals surface area contributed by atoms with Crippen molar-refractivity contribution in [3.63, 3.8) is 0 Å². The van der Waals surface area contributed by atoms with E-state index in [1.807, 2.05) is 77.7 Å². The lowest BCUT2D eigenvalue weighted by Gasteiger charge is -2.31. The lowest BCUT2D eigenvalue weighted by atomic mass is 10.0. The van der Waals surface area contributed by atoms with Crippen molar-refractivity contribution in [1.82, 2.24) is 4.90 Å². The molecule has 0 unspecified atom stereocenters. The zero-order chi connectivity index (χ0) is 22.3. The van der Waals surface area contributed by atoms with Crippen LogP contribution in [0.5, 0.6) is 11.5 Å². The van der Waals surface area contributed by atoms with Crippen molar-refractivity contribution in [3.8, 4) is 22.6 Å². The summed E-state index contributed by atoms with van der Waals surface area (Å²) in [6.45, 7) is 2.34. The zero-order valence-electron chi connectivity index (χ0n) is 18.4. The minimum atomic E-state index is -0.494. The van der Waals surface area contributed by atoms with Crippen LogP contribution >= 0.6 is 0 Å². The second-order valence-corrected chi connectivity index (χ2v) is 7.57. The predicted octanol–water partition coefficient (Wildman–Crippen LogP) is 4.38. The second kappa shape index (κ2) is 10.2. The molecule has 6 nitrogen and oxygen atoms in total. The van der Waals surface area contributed by atoms with Crippen LogP contribution in [-0.2, 0) is 9.53 Å². The van der Waals surface area contributed by atoms with Gasteiger partial charge in [0.05, 0.1) is 27.4 Å². The molecule has 1 aliphatic heterocycles. The highest BCUT2D eigenvalue weighted by molar-refractivity contribution is 5.87. The van der Waals surface area contributed by atoms with Crippen molar-refractivity contribution < 1.29 is 19.0 Å². The Balaban J connectivity index is 1.66. The highest BCUT2D eigenvalue weighted by Crippen LogP contribution is 2.35. The van der Waals surface area contributed by atoms with Crippen LogP contribution in [-0.4, -0.2) is 51.3 Å². The summed E-state index contributed by atoms with van der Waals surface area (Å²) < 4.78 is 16.3. The second-order valence-electron chi connectivity index (χ2n) is 7.57. The van der Waals surface area contributed by atoms with E-state index < -0.39 is 6.04 Å². The maximum Gasteiger partial charge on any atom is 0.249 e. The molecule has 1 aliphatic rings. The Morgan fingerprint density at radius 1 is 0.938 bits per heavy atom. The average molecular weight is 433 g/mol. The van der Waals surface area contributed by atoms with E-state index in [9.17, 15) is 4.79 Å². The number of morpholine rings is 1. The van der Waals surface area contributed by atoms with E-state index >= 15 is 0 Å². The molecular formula is C26H28N2O4. The third-order valence-corrected chi connectivity index (χ3v) is 5.61. The summed E-state index contributed by atoms with van der Waals surface area (Å²) in [5.74, 6) is 1.60. The molecule has 0 spiro atoms. The fraction of sp³-hybridized carbons (Fsp3) is 0.269. The number of rotatable bonds is 7. The van der Waals surface area contributed by atoms with E-state index in [-0.39, 0.29) is 5.91 Å². The van der Waals surface area contributed by atoms with E-state index in [0.717, 1.165) is 33.9 Å². The first-order valence-corrected chi connectivity index (χ1v) is 10.7. The summed E-state index contributed by atoms with van der Waals surface area (Å²) >= 11 is 0. The number of nitrogens with zero attached hydrogens (tertiary/aromatic N) is 1. The molecule has 3 aromatic carbocycles. The number of amides is 1. The van der Waals surface area contributed by atoms with Gasteiger partial charge in [-0.25, -0.2) is 0 Å². The minimum Gasteiger partial charge on any atom is -0.497 e. The van der Waals surface area contributed by atoms with Gasteiger partial charge in [-0.05, 0) is 41.5 Å². The summed E-state index contributed by atoms with van der Waals surface area (Å²) in [5.41, 5.74) is 3.70. The summed E-state index contributed by atoms with van der Waals surface area (Å²) in [5, 5.41) is 3.46. The molecule has 1 amide bonds. The topological polar surface area (TPSA) is 60.0 Å². The molecule has 1 heterocycles. The van der Waals surface area contributed by atoms with Crippen LogP contribution in [0.3, 0.4) is 0 Å². The number of ether oxygens (including phenoxy) is 3. The smallest absolute Gasteiger partial charge is 0.249 e. The summed E-state index contributed by atoms with van der Waals surface area (Å²) in [7, 11) is 3.31. The normalized spacial score (nSPS) is 14.5. The van der Waals surface area contributed by atoms with E-state index in [4.69, 9.17) is 14.2 Å². The molecule has 6 heteroatoms. The standard InChI is InChI=1S/C26H28N2O4/c1-30-22-11-8-19(9-12-22)23-18-21(10-13-24(23)31-2)27-25(20-6-4-3-5-7-20)26(29)28-14-16-32-17-15-28/h3-13,18,25,27H,14-17H2,1-2H3/t25-/m0/s1. The molecule has 0 bridgehead atoms. The maximum absolute atomic E-state index is 13.4. The van der Waals surface area contributed by atoms with Gasteiger partial charge in [-0.15, -0.1) is 0 Å². The molecule has 0 saturated carbocycles. The van der Waals surface area contributed by atoms with Crippen LogP contribution < -0.4 is 14.8 Å². The van der Waals surface area contributed by atoms with Crippen molar-refractivity contribution in [3.05, 3.63) is 78.4 Å². The minimum absolute atomic E-state index is 0.0429. The van der Waals surface area contributed by atoms with Crippen LogP contribution in [0, 0.1) is 0 Å². The van der Waals surface area contributed by atoms with Crippen molar-refractivity contribution in [2.24, 2.45) is 0 Å². The largest absolute Gasteiger partial charge is 0.497 e. The monoisotopic (exact) mass is 432 g/mol. The fourth-order valence-corrected chi connectivity index (χ4v) is 3.86. The van der Waals surface area contributed by atoms with Crippen molar-refractivity contribution in [2.75, 3.05) is 45.8 Å². The highest BCUT2D eigenvalue weighted by atomic mass is 16.5. The molecule has 0 radical (unpaired) electrons. The molecule has 4 rings (SSSR count). The Labute approximate surface area is 188 Å². The number of hydrogen-bond donors (Lipinski definition) is 1. The molecule has 166 valence electrons. The van der Waals surface area contributed by atoms with Crippen molar-refractivity contribution in [1.29, 1.82) is 0 Å². The van der Waals surface area contributed by atoms with Crippen LogP contribution in [0.15, 0.2) is 72.8 Å². The number of nitrogens with one attached hydrogen (secondary N) is 1. The third kappa shape index (κ3) is 4.86. The molecule has 1 saturated heterocycles. The quantitative estimate of drug-likeness (QED) is 0.600. The average Bonchev–Trinajstić information content (AvgIpc) is 2.88. The van der Waals surface area contributed by atoms with Gasteiger partial charge in [0.2, 0.25) is 5.91 Å². The fourth-order valence-electron chi connectivity index (χ4n) is 3.86. The molecule has 3 aromatic rings. The maximum atomic E-state index is 13.4. The molecule has 1 atom stereocenters. The first-order chi connectivity index (χ1) is 15.7. The molecule has 0 aromatic heterocycles.